The molecule has 0 radical (unpaired) electrons. The topological polar surface area (TPSA) is 134 Å². The molecule has 3 aromatic rings. The lowest BCUT2D eigenvalue weighted by molar-refractivity contribution is 0.101. The number of likely N-dealkylation sites (N-methyl/N-ethyl adjacent to an activating group) is 1. The number of nitrogens with one attached hydrogen (secondary N) is 1. The standard InChI is InChI=1S/C29H28N6O3S/c1-17(37)21-8-4-6-19(12-21)15-35-29(38)25-23(14-32-35)26-27(34(25)2)33-28(39-26)22(24(31)9-10-30)13-18-5-3-7-20(11-18)16-36/h3-12,14,16,22,26-27,31H,13,15,30H2,1-2H3/b10-9-,31-24?. The van der Waals surface area contributed by atoms with E-state index >= 15 is 0 Å². The first-order valence-corrected chi connectivity index (χ1v) is 13.4. The van der Waals surface area contributed by atoms with Crippen molar-refractivity contribution in [2.75, 3.05) is 11.9 Å². The molecule has 3 unspecified atom stereocenters. The number of fused-ring (bicyclic) bond motifs is 3. The Labute approximate surface area is 229 Å². The molecule has 0 fully saturated rings. The number of hydrogen-bond acceptors (Lipinski definition) is 9. The maximum absolute atomic E-state index is 13.5. The quantitative estimate of drug-likeness (QED) is 0.240. The molecule has 3 heterocycles. The predicted octanol–water partition coefficient (Wildman–Crippen LogP) is 3.62. The van der Waals surface area contributed by atoms with E-state index in [9.17, 15) is 14.4 Å². The number of hydrogen-bond donors (Lipinski definition) is 2. The smallest absolute Gasteiger partial charge is 0.290 e. The zero-order valence-corrected chi connectivity index (χ0v) is 22.4. The Bertz CT molecular complexity index is 1590. The Morgan fingerprint density at radius 2 is 1.97 bits per heavy atom. The summed E-state index contributed by atoms with van der Waals surface area (Å²) in [5.41, 5.74) is 10.0. The van der Waals surface area contributed by atoms with Crippen LogP contribution in [0, 0.1) is 11.3 Å². The number of aldehydes is 1. The first-order chi connectivity index (χ1) is 18.8. The second-order valence-electron chi connectivity index (χ2n) is 9.63. The van der Waals surface area contributed by atoms with E-state index in [0.29, 0.717) is 28.9 Å². The second kappa shape index (κ2) is 10.8. The molecule has 3 N–H and O–H groups in total. The second-order valence-corrected chi connectivity index (χ2v) is 10.8. The third kappa shape index (κ3) is 5.07. The highest BCUT2D eigenvalue weighted by Gasteiger charge is 2.45. The van der Waals surface area contributed by atoms with Crippen molar-refractivity contribution < 1.29 is 9.59 Å². The van der Waals surface area contributed by atoms with Gasteiger partial charge in [-0.05, 0) is 48.9 Å². The highest BCUT2D eigenvalue weighted by molar-refractivity contribution is 8.14. The largest absolute Gasteiger partial charge is 0.405 e. The van der Waals surface area contributed by atoms with Gasteiger partial charge in [0, 0.05) is 29.4 Å². The summed E-state index contributed by atoms with van der Waals surface area (Å²) < 4.78 is 1.41. The maximum atomic E-state index is 13.5. The minimum atomic E-state index is -0.346. The lowest BCUT2D eigenvalue weighted by Gasteiger charge is -2.19. The summed E-state index contributed by atoms with van der Waals surface area (Å²) in [6.45, 7) is 1.77. The molecule has 10 heteroatoms. The molecule has 0 spiro atoms. The molecule has 0 aliphatic carbocycles. The van der Waals surface area contributed by atoms with Gasteiger partial charge in [-0.1, -0.05) is 48.2 Å². The molecule has 0 saturated heterocycles. The third-order valence-electron chi connectivity index (χ3n) is 7.02. The summed E-state index contributed by atoms with van der Waals surface area (Å²) in [6.07, 6.45) is 5.63. The summed E-state index contributed by atoms with van der Waals surface area (Å²) in [5, 5.41) is 13.8. The monoisotopic (exact) mass is 540 g/mol. The van der Waals surface area contributed by atoms with Gasteiger partial charge in [-0.3, -0.25) is 19.4 Å². The molecule has 5 rings (SSSR count). The van der Waals surface area contributed by atoms with Crippen LogP contribution in [0.3, 0.4) is 0 Å². The van der Waals surface area contributed by atoms with Crippen LogP contribution in [-0.2, 0) is 13.0 Å². The minimum Gasteiger partial charge on any atom is -0.405 e. The van der Waals surface area contributed by atoms with Crippen LogP contribution >= 0.6 is 11.8 Å². The molecular weight excluding hydrogens is 512 g/mol. The average Bonchev–Trinajstić information content (AvgIpc) is 3.48. The minimum absolute atomic E-state index is 0.0332. The lowest BCUT2D eigenvalue weighted by Crippen LogP contribution is -2.33. The number of aromatic nitrogens is 2. The summed E-state index contributed by atoms with van der Waals surface area (Å²) in [4.78, 5) is 43.4. The zero-order chi connectivity index (χ0) is 27.7. The number of ketones is 1. The van der Waals surface area contributed by atoms with Crippen LogP contribution in [0.4, 0.5) is 5.69 Å². The predicted molar refractivity (Wildman–Crippen MR) is 154 cm³/mol. The van der Waals surface area contributed by atoms with Gasteiger partial charge in [0.1, 0.15) is 18.1 Å². The van der Waals surface area contributed by atoms with Gasteiger partial charge in [-0.15, -0.1) is 0 Å². The van der Waals surface area contributed by atoms with Gasteiger partial charge < -0.3 is 16.0 Å². The number of nitrogens with zero attached hydrogens (tertiary/aromatic N) is 4. The van der Waals surface area contributed by atoms with Crippen molar-refractivity contribution in [1.29, 1.82) is 5.41 Å². The van der Waals surface area contributed by atoms with Crippen molar-refractivity contribution in [3.8, 4) is 0 Å². The van der Waals surface area contributed by atoms with Gasteiger partial charge in [0.2, 0.25) is 0 Å². The van der Waals surface area contributed by atoms with E-state index in [1.165, 1.54) is 17.8 Å². The fraction of sp³-hybridized carbons (Fsp3) is 0.241. The first-order valence-electron chi connectivity index (χ1n) is 12.5. The van der Waals surface area contributed by atoms with Crippen molar-refractivity contribution in [3.63, 3.8) is 0 Å². The number of Topliss-reactive ketones (excluding diaryl/α,β-unsaturated/α-hetero) is 1. The van der Waals surface area contributed by atoms with Crippen molar-refractivity contribution >= 4 is 40.3 Å². The molecule has 1 aromatic heterocycles. The molecule has 0 amide bonds. The highest BCUT2D eigenvalue weighted by atomic mass is 32.2. The number of rotatable bonds is 9. The fourth-order valence-electron chi connectivity index (χ4n) is 5.04. The van der Waals surface area contributed by atoms with Crippen LogP contribution in [0.2, 0.25) is 0 Å². The Morgan fingerprint density at radius 3 is 2.72 bits per heavy atom. The Morgan fingerprint density at radius 1 is 1.21 bits per heavy atom. The Hall–Kier alpha value is -4.31. The summed E-state index contributed by atoms with van der Waals surface area (Å²) in [6, 6.07) is 14.5. The Kier molecular flexibility index (Phi) is 7.30. The van der Waals surface area contributed by atoms with E-state index in [1.807, 2.05) is 36.2 Å². The van der Waals surface area contributed by atoms with Gasteiger partial charge in [0.05, 0.1) is 29.0 Å². The lowest BCUT2D eigenvalue weighted by atomic mass is 9.94. The van der Waals surface area contributed by atoms with Crippen LogP contribution in [0.5, 0.6) is 0 Å². The normalized spacial score (nSPS) is 18.5. The SMILES string of the molecule is CC(=O)c1cccc(Cn2ncc3c(c2=O)N(C)C2N=C(C(Cc4cccc(C=O)c4)C(=N)/C=C\N)SC32)c1. The molecule has 3 atom stereocenters. The average molecular weight is 541 g/mol. The van der Waals surface area contributed by atoms with Crippen LogP contribution < -0.4 is 16.2 Å². The number of anilines is 1. The van der Waals surface area contributed by atoms with Gasteiger partial charge in [0.15, 0.2) is 5.78 Å². The molecule has 0 saturated carbocycles. The van der Waals surface area contributed by atoms with Crippen LogP contribution in [0.1, 0.15) is 49.6 Å². The van der Waals surface area contributed by atoms with Crippen LogP contribution in [0.15, 0.2) is 76.8 Å². The van der Waals surface area contributed by atoms with Gasteiger partial charge in [-0.25, -0.2) is 4.68 Å². The third-order valence-corrected chi connectivity index (χ3v) is 8.41. The fourth-order valence-corrected chi connectivity index (χ4v) is 6.51. The van der Waals surface area contributed by atoms with Crippen molar-refractivity contribution in [2.45, 2.75) is 31.3 Å². The van der Waals surface area contributed by atoms with E-state index in [0.717, 1.165) is 28.0 Å². The number of carbonyl (C=O) groups is 2. The van der Waals surface area contributed by atoms with E-state index in [2.05, 4.69) is 5.10 Å². The summed E-state index contributed by atoms with van der Waals surface area (Å²) in [7, 11) is 1.85. The van der Waals surface area contributed by atoms with Crippen molar-refractivity contribution in [3.05, 3.63) is 105 Å². The highest BCUT2D eigenvalue weighted by Crippen LogP contribution is 2.51. The maximum Gasteiger partial charge on any atom is 0.290 e. The van der Waals surface area contributed by atoms with Gasteiger partial charge >= 0.3 is 0 Å². The molecule has 2 aromatic carbocycles. The number of allylic oxidation sites excluding steroid dienone is 1. The van der Waals surface area contributed by atoms with E-state index in [4.69, 9.17) is 16.1 Å². The number of carbonyl (C=O) groups excluding carboxylic acids is 2. The number of nitrogens with two attached hydrogens (primary N) is 1. The van der Waals surface area contributed by atoms with E-state index in [-0.39, 0.29) is 35.2 Å². The van der Waals surface area contributed by atoms with E-state index in [1.54, 1.807) is 48.3 Å². The number of aliphatic imine (C=N–C) groups is 1. The first kappa shape index (κ1) is 26.3. The Balaban J connectivity index is 1.42. The molecule has 0 bridgehead atoms. The number of benzene rings is 2. The number of thioether (sulfide) groups is 1. The van der Waals surface area contributed by atoms with Crippen molar-refractivity contribution in [2.24, 2.45) is 16.6 Å². The molecule has 2 aliphatic rings. The molecule has 2 aliphatic heterocycles. The van der Waals surface area contributed by atoms with Gasteiger partial charge in [-0.2, -0.15) is 5.10 Å². The molecule has 39 heavy (non-hydrogen) atoms. The van der Waals surface area contributed by atoms with Crippen LogP contribution in [0.25, 0.3) is 0 Å². The van der Waals surface area contributed by atoms with Crippen molar-refractivity contribution in [1.82, 2.24) is 9.78 Å². The summed E-state index contributed by atoms with van der Waals surface area (Å²) >= 11 is 1.54. The molecule has 9 nitrogen and oxygen atoms in total. The molecular formula is C29H28N6O3S. The van der Waals surface area contributed by atoms with E-state index < -0.39 is 0 Å². The molecule has 198 valence electrons. The summed E-state index contributed by atoms with van der Waals surface area (Å²) in [5.74, 6) is -0.379. The van der Waals surface area contributed by atoms with Gasteiger partial charge in [0.25, 0.3) is 5.56 Å². The zero-order valence-electron chi connectivity index (χ0n) is 21.6. The van der Waals surface area contributed by atoms with Crippen LogP contribution in [-0.4, -0.2) is 45.8 Å².